The Morgan fingerprint density at radius 2 is 2.00 bits per heavy atom. The van der Waals surface area contributed by atoms with Crippen LogP contribution >= 0.6 is 0 Å². The first kappa shape index (κ1) is 5.74. The molecule has 1 aromatic carbocycles. The fourth-order valence-corrected chi connectivity index (χ4v) is 0.768. The molecule has 0 heterocycles. The normalized spacial score (nSPS) is 14.3. The molecule has 0 aromatic heterocycles. The van der Waals surface area contributed by atoms with E-state index >= 15 is 0 Å². The number of hydrogen-bond donors (Lipinski definition) is 2. The summed E-state index contributed by atoms with van der Waals surface area (Å²) in [5.41, 5.74) is 6.24. The summed E-state index contributed by atoms with van der Waals surface area (Å²) < 4.78 is 7.08. The molecule has 1 aromatic rings. The largest absolute Gasteiger partial charge is 0.508 e. The summed E-state index contributed by atoms with van der Waals surface area (Å²) in [5.74, 6) is 0.243. The Bertz CT molecular complexity index is 220. The number of phenolic OH excluding ortho intramolecular Hbond substituents is 1. The monoisotopic (exact) mass is 139 g/mol. The maximum absolute atomic E-state index is 8.91. The van der Waals surface area contributed by atoms with Crippen molar-refractivity contribution in [2.45, 2.75) is 6.42 Å². The minimum absolute atomic E-state index is 0.243. The minimum atomic E-state index is -0.570. The van der Waals surface area contributed by atoms with Gasteiger partial charge in [-0.3, -0.25) is 0 Å². The highest BCUT2D eigenvalue weighted by Gasteiger charge is 1.89. The Labute approximate surface area is 61.7 Å². The van der Waals surface area contributed by atoms with Crippen molar-refractivity contribution in [3.8, 4) is 5.75 Å². The van der Waals surface area contributed by atoms with Crippen molar-refractivity contribution < 1.29 is 6.48 Å². The third-order valence-electron chi connectivity index (χ3n) is 1.29. The first-order valence-electron chi connectivity index (χ1n) is 3.72. The molecule has 0 aliphatic carbocycles. The lowest BCUT2D eigenvalue weighted by Gasteiger charge is -1.96. The Balaban J connectivity index is 2.66. The van der Waals surface area contributed by atoms with Crippen molar-refractivity contribution in [1.82, 2.24) is 0 Å². The smallest absolute Gasteiger partial charge is 0.115 e. The molecular formula is C8H11NO. The fraction of sp³-hybridized carbons (Fsp3) is 0.250. The van der Waals surface area contributed by atoms with E-state index in [0.29, 0.717) is 6.42 Å². The Hall–Kier alpha value is -1.02. The lowest BCUT2D eigenvalue weighted by molar-refractivity contribution is 0.475. The van der Waals surface area contributed by atoms with Crippen molar-refractivity contribution in [2.75, 3.05) is 6.52 Å². The van der Waals surface area contributed by atoms with Crippen molar-refractivity contribution in [3.05, 3.63) is 29.8 Å². The van der Waals surface area contributed by atoms with Gasteiger partial charge in [-0.1, -0.05) is 12.1 Å². The topological polar surface area (TPSA) is 46.2 Å². The van der Waals surface area contributed by atoms with Crippen LogP contribution in [0.3, 0.4) is 0 Å². The number of aromatic hydroxyl groups is 1. The summed E-state index contributed by atoms with van der Waals surface area (Å²) in [4.78, 5) is 0. The second-order valence-electron chi connectivity index (χ2n) is 2.11. The third-order valence-corrected chi connectivity index (χ3v) is 1.29. The molecule has 0 saturated heterocycles. The van der Waals surface area contributed by atoms with E-state index < -0.39 is 6.52 Å². The zero-order valence-electron chi connectivity index (χ0n) is 6.62. The highest BCUT2D eigenvalue weighted by atomic mass is 16.3. The highest BCUT2D eigenvalue weighted by Crippen LogP contribution is 2.09. The molecule has 3 N–H and O–H groups in total. The van der Waals surface area contributed by atoms with E-state index in [-0.39, 0.29) is 5.75 Å². The summed E-state index contributed by atoms with van der Waals surface area (Å²) in [6.07, 6.45) is 0.528. The van der Waals surface area contributed by atoms with Gasteiger partial charge >= 0.3 is 0 Å². The predicted molar refractivity (Wildman–Crippen MR) is 40.9 cm³/mol. The van der Waals surface area contributed by atoms with Gasteiger partial charge < -0.3 is 10.8 Å². The first-order chi connectivity index (χ1) is 5.18. The van der Waals surface area contributed by atoms with E-state index in [1.807, 2.05) is 0 Å². The minimum Gasteiger partial charge on any atom is -0.508 e. The molecule has 2 heteroatoms. The second-order valence-corrected chi connectivity index (χ2v) is 2.11. The van der Waals surface area contributed by atoms with Crippen LogP contribution in [0.25, 0.3) is 0 Å². The van der Waals surface area contributed by atoms with Crippen LogP contribution in [0.1, 0.15) is 6.93 Å². The van der Waals surface area contributed by atoms with Crippen molar-refractivity contribution in [3.63, 3.8) is 0 Å². The lowest BCUT2D eigenvalue weighted by atomic mass is 10.1. The Kier molecular flexibility index (Phi) is 1.85. The van der Waals surface area contributed by atoms with Crippen LogP contribution in [-0.4, -0.2) is 11.6 Å². The van der Waals surface area contributed by atoms with Gasteiger partial charge in [-0.2, -0.15) is 0 Å². The van der Waals surface area contributed by atoms with E-state index in [2.05, 4.69) is 0 Å². The van der Waals surface area contributed by atoms with Crippen molar-refractivity contribution in [2.24, 2.45) is 5.73 Å². The van der Waals surface area contributed by atoms with Gasteiger partial charge in [-0.15, -0.1) is 0 Å². The summed E-state index contributed by atoms with van der Waals surface area (Å²) in [6.45, 7) is -0.570. The van der Waals surface area contributed by atoms with E-state index in [9.17, 15) is 0 Å². The quantitative estimate of drug-likeness (QED) is 0.639. The summed E-state index contributed by atoms with van der Waals surface area (Å²) in [6, 6.07) is 6.73. The predicted octanol–water partition coefficient (Wildman–Crippen LogP) is 0.893. The van der Waals surface area contributed by atoms with Crippen LogP contribution in [0.2, 0.25) is 0 Å². The maximum atomic E-state index is 8.91. The highest BCUT2D eigenvalue weighted by molar-refractivity contribution is 5.25. The standard InChI is InChI=1S/C8H11NO/c9-6-5-7-1-3-8(10)4-2-7/h1-4,10H,5-6,9H2/i6T/t6-/m0/s1. The van der Waals surface area contributed by atoms with Crippen LogP contribution < -0.4 is 5.73 Å². The summed E-state index contributed by atoms with van der Waals surface area (Å²) >= 11 is 0. The molecule has 0 spiro atoms. The molecule has 0 fully saturated rings. The molecule has 0 saturated carbocycles. The summed E-state index contributed by atoms with van der Waals surface area (Å²) in [5, 5.41) is 8.91. The average Bonchev–Trinajstić information content (AvgIpc) is 1.93. The van der Waals surface area contributed by atoms with Crippen LogP contribution in [0.5, 0.6) is 5.75 Å². The number of aryl methyl sites for hydroxylation is 1. The van der Waals surface area contributed by atoms with Gasteiger partial charge in [0.25, 0.3) is 0 Å². The number of nitrogens with two attached hydrogens (primary N) is 1. The van der Waals surface area contributed by atoms with Crippen molar-refractivity contribution in [1.29, 1.82) is 0 Å². The van der Waals surface area contributed by atoms with Gasteiger partial charge in [0.05, 0.1) is 0 Å². The molecule has 0 unspecified atom stereocenters. The van der Waals surface area contributed by atoms with Crippen molar-refractivity contribution >= 4 is 0 Å². The SMILES string of the molecule is [3H][C@H](N)Cc1ccc(O)cc1. The molecule has 0 bridgehead atoms. The number of phenols is 1. The molecule has 1 atom stereocenters. The third kappa shape index (κ3) is 1.74. The Morgan fingerprint density at radius 3 is 2.50 bits per heavy atom. The maximum Gasteiger partial charge on any atom is 0.115 e. The average molecular weight is 139 g/mol. The van der Waals surface area contributed by atoms with Crippen LogP contribution in [0.15, 0.2) is 24.3 Å². The van der Waals surface area contributed by atoms with Crippen LogP contribution in [0.4, 0.5) is 0 Å². The van der Waals surface area contributed by atoms with E-state index in [1.165, 1.54) is 0 Å². The molecule has 1 rings (SSSR count). The van der Waals surface area contributed by atoms with E-state index in [4.69, 9.17) is 12.2 Å². The lowest BCUT2D eigenvalue weighted by Crippen LogP contribution is -2.01. The molecule has 54 valence electrons. The summed E-state index contributed by atoms with van der Waals surface area (Å²) in [7, 11) is 0. The van der Waals surface area contributed by atoms with Gasteiger partial charge in [-0.05, 0) is 30.6 Å². The van der Waals surface area contributed by atoms with Crippen LogP contribution in [0, 0.1) is 0 Å². The van der Waals surface area contributed by atoms with Gasteiger partial charge in [0.1, 0.15) is 5.75 Å². The molecule has 0 amide bonds. The second kappa shape index (κ2) is 3.22. The van der Waals surface area contributed by atoms with E-state index in [1.54, 1.807) is 24.3 Å². The van der Waals surface area contributed by atoms with Gasteiger partial charge in [0.2, 0.25) is 0 Å². The van der Waals surface area contributed by atoms with Gasteiger partial charge in [0, 0.05) is 1.37 Å². The first-order valence-corrected chi connectivity index (χ1v) is 3.14. The van der Waals surface area contributed by atoms with E-state index in [0.717, 1.165) is 5.56 Å². The number of rotatable bonds is 2. The molecule has 2 nitrogen and oxygen atoms in total. The molecule has 0 aliphatic rings. The zero-order chi connectivity index (χ0) is 8.27. The van der Waals surface area contributed by atoms with Gasteiger partial charge in [-0.25, -0.2) is 0 Å². The molecule has 10 heavy (non-hydrogen) atoms. The number of hydrogen-bond acceptors (Lipinski definition) is 2. The molecular weight excluding hydrogens is 126 g/mol. The fourth-order valence-electron chi connectivity index (χ4n) is 0.768. The number of benzene rings is 1. The van der Waals surface area contributed by atoms with Crippen LogP contribution in [-0.2, 0) is 6.42 Å². The van der Waals surface area contributed by atoms with Gasteiger partial charge in [0.15, 0.2) is 0 Å². The molecule has 0 radical (unpaired) electrons. The molecule has 0 aliphatic heterocycles. The zero-order valence-corrected chi connectivity index (χ0v) is 5.62. The Morgan fingerprint density at radius 1 is 1.40 bits per heavy atom.